The number of nitrogens with zero attached hydrogens (tertiary/aromatic N) is 1. The molecule has 4 aliphatic heterocycles. The first-order chi connectivity index (χ1) is 7.42. The SMILES string of the molecule is C1CC(CNC2CN3CCC2CC3)CS1. The van der Waals surface area contributed by atoms with E-state index < -0.39 is 0 Å². The molecule has 3 heteroatoms. The Morgan fingerprint density at radius 3 is 2.67 bits per heavy atom. The van der Waals surface area contributed by atoms with Crippen LogP contribution in [0.15, 0.2) is 0 Å². The Morgan fingerprint density at radius 1 is 1.20 bits per heavy atom. The van der Waals surface area contributed by atoms with Crippen molar-refractivity contribution in [1.82, 2.24) is 10.2 Å². The van der Waals surface area contributed by atoms with E-state index in [-0.39, 0.29) is 0 Å². The van der Waals surface area contributed by atoms with Gasteiger partial charge in [-0.1, -0.05) is 0 Å². The lowest BCUT2D eigenvalue weighted by atomic mass is 9.84. The van der Waals surface area contributed by atoms with Crippen LogP contribution >= 0.6 is 11.8 Å². The first-order valence-corrected chi connectivity index (χ1v) is 7.61. The molecule has 2 atom stereocenters. The van der Waals surface area contributed by atoms with E-state index in [0.29, 0.717) is 0 Å². The van der Waals surface area contributed by atoms with Crippen LogP contribution in [-0.2, 0) is 0 Å². The lowest BCUT2D eigenvalue weighted by Crippen LogP contribution is -2.56. The van der Waals surface area contributed by atoms with Crippen LogP contribution in [0.3, 0.4) is 0 Å². The molecule has 0 aromatic heterocycles. The minimum Gasteiger partial charge on any atom is -0.312 e. The first kappa shape index (κ1) is 10.4. The molecule has 4 saturated heterocycles. The van der Waals surface area contributed by atoms with Crippen molar-refractivity contribution < 1.29 is 0 Å². The molecule has 2 nitrogen and oxygen atoms in total. The van der Waals surface area contributed by atoms with E-state index in [1.54, 1.807) is 0 Å². The number of nitrogens with one attached hydrogen (secondary N) is 1. The Kier molecular flexibility index (Phi) is 3.23. The fraction of sp³-hybridized carbons (Fsp3) is 1.00. The van der Waals surface area contributed by atoms with E-state index in [1.807, 2.05) is 0 Å². The highest BCUT2D eigenvalue weighted by atomic mass is 32.2. The minimum atomic E-state index is 0.818. The monoisotopic (exact) mass is 226 g/mol. The molecule has 4 rings (SSSR count). The van der Waals surface area contributed by atoms with E-state index >= 15 is 0 Å². The minimum absolute atomic E-state index is 0.818. The summed E-state index contributed by atoms with van der Waals surface area (Å²) in [6.07, 6.45) is 4.33. The zero-order chi connectivity index (χ0) is 10.1. The molecule has 0 aromatic carbocycles. The van der Waals surface area contributed by atoms with Crippen molar-refractivity contribution in [2.75, 3.05) is 37.7 Å². The number of thioether (sulfide) groups is 1. The topological polar surface area (TPSA) is 15.3 Å². The van der Waals surface area contributed by atoms with Gasteiger partial charge in [-0.2, -0.15) is 11.8 Å². The van der Waals surface area contributed by atoms with E-state index in [2.05, 4.69) is 22.0 Å². The fourth-order valence-electron chi connectivity index (χ4n) is 3.26. The Labute approximate surface area is 97.2 Å². The van der Waals surface area contributed by atoms with E-state index in [1.165, 1.54) is 56.9 Å². The summed E-state index contributed by atoms with van der Waals surface area (Å²) < 4.78 is 0. The molecule has 4 heterocycles. The van der Waals surface area contributed by atoms with Crippen LogP contribution in [0.5, 0.6) is 0 Å². The number of piperidine rings is 3. The van der Waals surface area contributed by atoms with Crippen LogP contribution in [0.2, 0.25) is 0 Å². The van der Waals surface area contributed by atoms with Crippen LogP contribution < -0.4 is 5.32 Å². The van der Waals surface area contributed by atoms with Gasteiger partial charge in [-0.05, 0) is 62.2 Å². The van der Waals surface area contributed by atoms with Gasteiger partial charge in [-0.25, -0.2) is 0 Å². The summed E-state index contributed by atoms with van der Waals surface area (Å²) in [4.78, 5) is 2.64. The van der Waals surface area contributed by atoms with Crippen LogP contribution in [0, 0.1) is 11.8 Å². The van der Waals surface area contributed by atoms with Gasteiger partial charge in [-0.15, -0.1) is 0 Å². The quantitative estimate of drug-likeness (QED) is 0.783. The second kappa shape index (κ2) is 4.64. The van der Waals surface area contributed by atoms with Crippen LogP contribution in [-0.4, -0.2) is 48.6 Å². The maximum Gasteiger partial charge on any atom is 0.0224 e. The normalized spacial score (nSPS) is 44.8. The Bertz CT molecular complexity index is 208. The summed E-state index contributed by atoms with van der Waals surface area (Å²) in [5.41, 5.74) is 0. The van der Waals surface area contributed by atoms with Gasteiger partial charge in [0.25, 0.3) is 0 Å². The second-order valence-corrected chi connectivity index (χ2v) is 6.53. The Morgan fingerprint density at radius 2 is 2.07 bits per heavy atom. The number of hydrogen-bond acceptors (Lipinski definition) is 3. The van der Waals surface area contributed by atoms with E-state index in [4.69, 9.17) is 0 Å². The predicted molar refractivity (Wildman–Crippen MR) is 66.4 cm³/mol. The maximum atomic E-state index is 3.84. The Balaban J connectivity index is 1.46. The third-order valence-electron chi connectivity index (χ3n) is 4.35. The molecule has 0 radical (unpaired) electrons. The van der Waals surface area contributed by atoms with Gasteiger partial charge in [0.1, 0.15) is 0 Å². The molecule has 2 unspecified atom stereocenters. The lowest BCUT2D eigenvalue weighted by Gasteiger charge is -2.45. The number of hydrogen-bond donors (Lipinski definition) is 1. The molecule has 0 aliphatic carbocycles. The summed E-state index contributed by atoms with van der Waals surface area (Å²) in [5.74, 6) is 4.75. The molecule has 4 fully saturated rings. The molecule has 0 aromatic rings. The predicted octanol–water partition coefficient (Wildman–Crippen LogP) is 1.42. The van der Waals surface area contributed by atoms with Crippen molar-refractivity contribution in [3.63, 3.8) is 0 Å². The maximum absolute atomic E-state index is 3.84. The summed E-state index contributed by atoms with van der Waals surface area (Å²) in [6.45, 7) is 5.33. The Hall–Kier alpha value is 0.270. The van der Waals surface area contributed by atoms with Crippen LogP contribution in [0.1, 0.15) is 19.3 Å². The van der Waals surface area contributed by atoms with E-state index in [0.717, 1.165) is 17.9 Å². The molecule has 4 aliphatic rings. The molecular weight excluding hydrogens is 204 g/mol. The first-order valence-electron chi connectivity index (χ1n) is 6.45. The molecule has 0 spiro atoms. The van der Waals surface area contributed by atoms with Crippen LogP contribution in [0.4, 0.5) is 0 Å². The number of rotatable bonds is 3. The highest BCUT2D eigenvalue weighted by molar-refractivity contribution is 7.99. The van der Waals surface area contributed by atoms with Crippen molar-refractivity contribution >= 4 is 11.8 Å². The molecule has 2 bridgehead atoms. The molecule has 15 heavy (non-hydrogen) atoms. The third kappa shape index (κ3) is 2.34. The summed E-state index contributed by atoms with van der Waals surface area (Å²) in [6, 6.07) is 0.818. The van der Waals surface area contributed by atoms with Crippen molar-refractivity contribution in [2.45, 2.75) is 25.3 Å². The van der Waals surface area contributed by atoms with Crippen molar-refractivity contribution in [3.05, 3.63) is 0 Å². The van der Waals surface area contributed by atoms with Crippen molar-refractivity contribution in [1.29, 1.82) is 0 Å². The van der Waals surface area contributed by atoms with Gasteiger partial charge in [-0.3, -0.25) is 0 Å². The average Bonchev–Trinajstić information content (AvgIpc) is 2.81. The lowest BCUT2D eigenvalue weighted by molar-refractivity contribution is 0.0713. The fourth-order valence-corrected chi connectivity index (χ4v) is 4.54. The van der Waals surface area contributed by atoms with E-state index in [9.17, 15) is 0 Å². The van der Waals surface area contributed by atoms with Gasteiger partial charge in [0.15, 0.2) is 0 Å². The van der Waals surface area contributed by atoms with Gasteiger partial charge in [0.05, 0.1) is 0 Å². The molecular formula is C12H22N2S. The average molecular weight is 226 g/mol. The van der Waals surface area contributed by atoms with Crippen molar-refractivity contribution in [2.24, 2.45) is 11.8 Å². The van der Waals surface area contributed by atoms with Crippen molar-refractivity contribution in [3.8, 4) is 0 Å². The zero-order valence-electron chi connectivity index (χ0n) is 9.45. The highest BCUT2D eigenvalue weighted by Gasteiger charge is 2.33. The number of fused-ring (bicyclic) bond motifs is 3. The van der Waals surface area contributed by atoms with Gasteiger partial charge in [0.2, 0.25) is 0 Å². The molecule has 86 valence electrons. The zero-order valence-corrected chi connectivity index (χ0v) is 10.3. The van der Waals surface area contributed by atoms with Crippen LogP contribution in [0.25, 0.3) is 0 Å². The summed E-state index contributed by atoms with van der Waals surface area (Å²) in [7, 11) is 0. The van der Waals surface area contributed by atoms with Gasteiger partial charge < -0.3 is 10.2 Å². The standard InChI is InChI=1S/C12H22N2S/c1-4-14-5-2-11(1)12(8-14)13-7-10-3-6-15-9-10/h10-13H,1-9H2. The second-order valence-electron chi connectivity index (χ2n) is 5.38. The third-order valence-corrected chi connectivity index (χ3v) is 5.58. The largest absolute Gasteiger partial charge is 0.312 e. The smallest absolute Gasteiger partial charge is 0.0224 e. The molecule has 1 N–H and O–H groups in total. The van der Waals surface area contributed by atoms with Gasteiger partial charge in [0, 0.05) is 12.6 Å². The highest BCUT2D eigenvalue weighted by Crippen LogP contribution is 2.28. The molecule has 0 saturated carbocycles. The molecule has 0 amide bonds. The summed E-state index contributed by atoms with van der Waals surface area (Å²) in [5, 5.41) is 3.84. The van der Waals surface area contributed by atoms with Gasteiger partial charge >= 0.3 is 0 Å². The summed E-state index contributed by atoms with van der Waals surface area (Å²) >= 11 is 2.13.